The minimum Gasteiger partial charge on any atom is -0.344 e. The van der Waals surface area contributed by atoms with Crippen LogP contribution in [-0.4, -0.2) is 19.0 Å². The van der Waals surface area contributed by atoms with Crippen molar-refractivity contribution >= 4 is 29.7 Å². The minimum absolute atomic E-state index is 0. The van der Waals surface area contributed by atoms with Gasteiger partial charge in [-0.3, -0.25) is 4.79 Å². The van der Waals surface area contributed by atoms with Gasteiger partial charge in [0.05, 0.1) is 6.04 Å². The monoisotopic (exact) mass is 392 g/mol. The number of halogens is 1. The van der Waals surface area contributed by atoms with Gasteiger partial charge in [-0.15, -0.1) is 23.7 Å². The van der Waals surface area contributed by atoms with Crippen molar-refractivity contribution in [3.63, 3.8) is 0 Å². The van der Waals surface area contributed by atoms with Crippen LogP contribution < -0.4 is 10.6 Å². The summed E-state index contributed by atoms with van der Waals surface area (Å²) in [4.78, 5) is 13.9. The highest BCUT2D eigenvalue weighted by Gasteiger charge is 2.30. The molecule has 0 saturated carbocycles. The summed E-state index contributed by atoms with van der Waals surface area (Å²) in [5.41, 5.74) is 2.51. The van der Waals surface area contributed by atoms with Gasteiger partial charge in [-0.25, -0.2) is 0 Å². The second-order valence-corrected chi connectivity index (χ2v) is 8.12. The van der Waals surface area contributed by atoms with Crippen LogP contribution in [0.3, 0.4) is 0 Å². The van der Waals surface area contributed by atoms with Crippen LogP contribution >= 0.6 is 23.7 Å². The topological polar surface area (TPSA) is 41.1 Å². The Morgan fingerprint density at radius 2 is 1.85 bits per heavy atom. The molecule has 142 valence electrons. The van der Waals surface area contributed by atoms with Gasteiger partial charge in [0, 0.05) is 10.8 Å². The Kier molecular flexibility index (Phi) is 7.69. The highest BCUT2D eigenvalue weighted by Crippen LogP contribution is 2.29. The lowest BCUT2D eigenvalue weighted by molar-refractivity contribution is -0.127. The Morgan fingerprint density at radius 1 is 1.19 bits per heavy atom. The first kappa shape index (κ1) is 20.9. The molecule has 1 amide bonds. The number of thiophene rings is 1. The van der Waals surface area contributed by atoms with Gasteiger partial charge >= 0.3 is 0 Å². The van der Waals surface area contributed by atoms with Gasteiger partial charge in [0.15, 0.2) is 0 Å². The molecule has 2 heterocycles. The fourth-order valence-corrected chi connectivity index (χ4v) is 3.98. The predicted molar refractivity (Wildman–Crippen MR) is 112 cm³/mol. The van der Waals surface area contributed by atoms with Crippen LogP contribution in [0.5, 0.6) is 0 Å². The lowest BCUT2D eigenvalue weighted by Gasteiger charge is -2.32. The summed E-state index contributed by atoms with van der Waals surface area (Å²) < 4.78 is 0. The molecule has 1 aliphatic heterocycles. The first-order valence-corrected chi connectivity index (χ1v) is 10.1. The Morgan fingerprint density at radius 3 is 2.35 bits per heavy atom. The summed E-state index contributed by atoms with van der Waals surface area (Å²) in [5, 5.41) is 8.62. The van der Waals surface area contributed by atoms with E-state index in [1.54, 1.807) is 11.3 Å². The van der Waals surface area contributed by atoms with Crippen LogP contribution in [0, 0.1) is 11.8 Å². The van der Waals surface area contributed by atoms with Crippen molar-refractivity contribution in [3.8, 4) is 0 Å². The van der Waals surface area contributed by atoms with E-state index in [4.69, 9.17) is 0 Å². The van der Waals surface area contributed by atoms with Crippen molar-refractivity contribution in [3.05, 3.63) is 57.8 Å². The van der Waals surface area contributed by atoms with Gasteiger partial charge in [-0.1, -0.05) is 51.1 Å². The Bertz CT molecular complexity index is 683. The summed E-state index contributed by atoms with van der Waals surface area (Å²) in [7, 11) is 0. The largest absolute Gasteiger partial charge is 0.344 e. The molecule has 5 heteroatoms. The quantitative estimate of drug-likeness (QED) is 0.714. The third kappa shape index (κ3) is 4.67. The van der Waals surface area contributed by atoms with Gasteiger partial charge in [-0.2, -0.15) is 0 Å². The van der Waals surface area contributed by atoms with E-state index < -0.39 is 0 Å². The van der Waals surface area contributed by atoms with Crippen LogP contribution in [0.25, 0.3) is 0 Å². The molecule has 3 unspecified atom stereocenters. The van der Waals surface area contributed by atoms with E-state index in [0.29, 0.717) is 11.8 Å². The number of carbonyl (C=O) groups is 1. The number of benzene rings is 1. The van der Waals surface area contributed by atoms with Crippen molar-refractivity contribution in [2.24, 2.45) is 11.8 Å². The molecule has 1 aliphatic rings. The zero-order valence-electron chi connectivity index (χ0n) is 15.7. The molecule has 3 rings (SSSR count). The van der Waals surface area contributed by atoms with Gasteiger partial charge in [0.2, 0.25) is 5.91 Å². The van der Waals surface area contributed by atoms with Crippen molar-refractivity contribution < 1.29 is 4.79 Å². The molecule has 2 aromatic rings. The van der Waals surface area contributed by atoms with Crippen molar-refractivity contribution in [1.29, 1.82) is 0 Å². The summed E-state index contributed by atoms with van der Waals surface area (Å²) in [5.74, 6) is 1.21. The molecule has 1 saturated heterocycles. The van der Waals surface area contributed by atoms with Gasteiger partial charge in [0.1, 0.15) is 0 Å². The average molecular weight is 393 g/mol. The van der Waals surface area contributed by atoms with Crippen LogP contribution in [0.2, 0.25) is 0 Å². The van der Waals surface area contributed by atoms with E-state index in [1.165, 1.54) is 10.4 Å². The summed E-state index contributed by atoms with van der Waals surface area (Å²) in [6.07, 6.45) is 1.14. The SMILES string of the molecule is CCC(C)c1ccc(C(NC(=O)C(C)C2CNC2)c2cccs2)cc1.Cl. The molecule has 0 bridgehead atoms. The van der Waals surface area contributed by atoms with Crippen molar-refractivity contribution in [1.82, 2.24) is 10.6 Å². The third-order valence-corrected chi connectivity index (χ3v) is 6.44. The Labute approximate surface area is 167 Å². The number of hydrogen-bond donors (Lipinski definition) is 2. The van der Waals surface area contributed by atoms with E-state index in [1.807, 2.05) is 13.0 Å². The number of nitrogens with one attached hydrogen (secondary N) is 2. The van der Waals surface area contributed by atoms with E-state index >= 15 is 0 Å². The standard InChI is InChI=1S/C21H28N2OS.ClH/c1-4-14(2)16-7-9-17(10-8-16)20(19-6-5-11-25-19)23-21(24)15(3)18-12-22-13-18;/h5-11,14-15,18,20,22H,4,12-13H2,1-3H3,(H,23,24);1H. The van der Waals surface area contributed by atoms with E-state index in [0.717, 1.165) is 25.1 Å². The highest BCUT2D eigenvalue weighted by molar-refractivity contribution is 7.10. The molecule has 3 atom stereocenters. The molecular weight excluding hydrogens is 364 g/mol. The maximum atomic E-state index is 12.7. The first-order valence-electron chi connectivity index (χ1n) is 9.24. The lowest BCUT2D eigenvalue weighted by atomic mass is 9.88. The molecule has 0 aliphatic carbocycles. The molecule has 0 spiro atoms. The number of carbonyl (C=O) groups excluding carboxylic acids is 1. The number of rotatable bonds is 7. The van der Waals surface area contributed by atoms with E-state index in [9.17, 15) is 4.79 Å². The second kappa shape index (κ2) is 9.54. The smallest absolute Gasteiger partial charge is 0.223 e. The molecule has 26 heavy (non-hydrogen) atoms. The van der Waals surface area contributed by atoms with Crippen LogP contribution in [-0.2, 0) is 4.79 Å². The number of hydrogen-bond acceptors (Lipinski definition) is 3. The summed E-state index contributed by atoms with van der Waals surface area (Å²) in [6, 6.07) is 12.8. The van der Waals surface area contributed by atoms with Crippen LogP contribution in [0.15, 0.2) is 41.8 Å². The minimum atomic E-state index is -0.0611. The average Bonchev–Trinajstić information content (AvgIpc) is 3.11. The molecule has 1 aromatic carbocycles. The first-order chi connectivity index (χ1) is 12.1. The molecule has 3 nitrogen and oxygen atoms in total. The van der Waals surface area contributed by atoms with Crippen molar-refractivity contribution in [2.75, 3.05) is 13.1 Å². The maximum Gasteiger partial charge on any atom is 0.223 e. The van der Waals surface area contributed by atoms with Gasteiger partial charge in [0.25, 0.3) is 0 Å². The van der Waals surface area contributed by atoms with E-state index in [-0.39, 0.29) is 30.3 Å². The molecule has 1 aromatic heterocycles. The molecule has 1 fully saturated rings. The maximum absolute atomic E-state index is 12.7. The normalized spacial score (nSPS) is 17.5. The Balaban J connectivity index is 0.00000243. The molecule has 2 N–H and O–H groups in total. The van der Waals surface area contributed by atoms with Crippen LogP contribution in [0.4, 0.5) is 0 Å². The Hall–Kier alpha value is -1.36. The van der Waals surface area contributed by atoms with Crippen LogP contribution in [0.1, 0.15) is 55.2 Å². The fraction of sp³-hybridized carbons (Fsp3) is 0.476. The third-order valence-electron chi connectivity index (χ3n) is 5.50. The fourth-order valence-electron chi connectivity index (χ4n) is 3.18. The molecule has 0 radical (unpaired) electrons. The summed E-state index contributed by atoms with van der Waals surface area (Å²) in [6.45, 7) is 8.40. The lowest BCUT2D eigenvalue weighted by Crippen LogP contribution is -2.50. The predicted octanol–water partition coefficient (Wildman–Crippen LogP) is 4.74. The highest BCUT2D eigenvalue weighted by atomic mass is 35.5. The molecular formula is C21H29ClN2OS. The zero-order chi connectivity index (χ0) is 17.8. The number of amides is 1. The van der Waals surface area contributed by atoms with Gasteiger partial charge < -0.3 is 10.6 Å². The second-order valence-electron chi connectivity index (χ2n) is 7.14. The van der Waals surface area contributed by atoms with E-state index in [2.05, 4.69) is 60.2 Å². The zero-order valence-corrected chi connectivity index (χ0v) is 17.3. The summed E-state index contributed by atoms with van der Waals surface area (Å²) >= 11 is 1.70. The van der Waals surface area contributed by atoms with Gasteiger partial charge in [-0.05, 0) is 53.9 Å². The van der Waals surface area contributed by atoms with Crippen molar-refractivity contribution in [2.45, 2.75) is 39.2 Å².